The third-order valence-corrected chi connectivity index (χ3v) is 6.72. The number of rotatable bonds is 2. The minimum atomic E-state index is -2.67. The van der Waals surface area contributed by atoms with Crippen molar-refractivity contribution in [2.75, 3.05) is 14.1 Å². The number of nitriles is 1. The molecule has 4 atom stereocenters. The number of phenolic OH excluding ortho intramolecular Hbond substituents is 1. The van der Waals surface area contributed by atoms with E-state index >= 15 is 0 Å². The molecule has 1 aromatic rings. The van der Waals surface area contributed by atoms with Gasteiger partial charge in [0.1, 0.15) is 22.8 Å². The molecule has 32 heavy (non-hydrogen) atoms. The predicted molar refractivity (Wildman–Crippen MR) is 109 cm³/mol. The van der Waals surface area contributed by atoms with E-state index in [0.29, 0.717) is 5.56 Å². The van der Waals surface area contributed by atoms with Crippen LogP contribution < -0.4 is 5.73 Å². The van der Waals surface area contributed by atoms with Crippen molar-refractivity contribution in [2.24, 2.45) is 17.6 Å². The molecular weight excluding hydrogens is 418 g/mol. The number of aliphatic hydroxyl groups excluding tert-OH is 2. The van der Waals surface area contributed by atoms with Crippen LogP contribution in [-0.4, -0.2) is 68.5 Å². The van der Waals surface area contributed by atoms with Crippen molar-refractivity contribution in [1.82, 2.24) is 4.90 Å². The van der Waals surface area contributed by atoms with Crippen LogP contribution in [0.1, 0.15) is 23.1 Å². The van der Waals surface area contributed by atoms with E-state index in [1.165, 1.54) is 31.1 Å². The Kier molecular flexibility index (Phi) is 4.66. The molecule has 1 saturated carbocycles. The average molecular weight is 439 g/mol. The highest BCUT2D eigenvalue weighted by atomic mass is 16.3. The SMILES string of the molecule is CN(C)[C@H]1C(=O)C(C(N)=O)=C(O)[C@@]2(O)C(=O)C3=C(O)c4c(O)ccc(C#N)c4C[C@@H]3C[C@@H]12. The second-order valence-corrected chi connectivity index (χ2v) is 8.56. The number of nitrogens with two attached hydrogens (primary N) is 1. The summed E-state index contributed by atoms with van der Waals surface area (Å²) in [6.45, 7) is 0. The van der Waals surface area contributed by atoms with Crippen LogP contribution in [0.4, 0.5) is 0 Å². The lowest BCUT2D eigenvalue weighted by Gasteiger charge is -2.50. The summed E-state index contributed by atoms with van der Waals surface area (Å²) in [5.74, 6) is -7.14. The van der Waals surface area contributed by atoms with Crippen molar-refractivity contribution < 1.29 is 34.8 Å². The van der Waals surface area contributed by atoms with Crippen molar-refractivity contribution in [3.8, 4) is 11.8 Å². The molecule has 0 radical (unpaired) electrons. The van der Waals surface area contributed by atoms with Gasteiger partial charge in [-0.15, -0.1) is 0 Å². The van der Waals surface area contributed by atoms with Crippen LogP contribution in [0.25, 0.3) is 5.76 Å². The maximum Gasteiger partial charge on any atom is 0.255 e. The largest absolute Gasteiger partial charge is 0.508 e. The molecule has 1 amide bonds. The molecule has 166 valence electrons. The first-order chi connectivity index (χ1) is 15.0. The van der Waals surface area contributed by atoms with Crippen LogP contribution in [0.15, 0.2) is 29.0 Å². The van der Waals surface area contributed by atoms with Crippen LogP contribution in [-0.2, 0) is 20.8 Å². The lowest BCUT2D eigenvalue weighted by atomic mass is 9.57. The number of hydrogen-bond acceptors (Lipinski definition) is 9. The van der Waals surface area contributed by atoms with Crippen molar-refractivity contribution in [1.29, 1.82) is 5.26 Å². The number of ketones is 2. The fourth-order valence-electron chi connectivity index (χ4n) is 5.35. The highest BCUT2D eigenvalue weighted by molar-refractivity contribution is 6.24. The van der Waals surface area contributed by atoms with Gasteiger partial charge >= 0.3 is 0 Å². The van der Waals surface area contributed by atoms with Gasteiger partial charge in [0.15, 0.2) is 11.4 Å². The Morgan fingerprint density at radius 3 is 2.47 bits per heavy atom. The Labute approximate surface area is 182 Å². The monoisotopic (exact) mass is 439 g/mol. The third kappa shape index (κ3) is 2.55. The molecule has 3 aliphatic rings. The molecule has 4 rings (SSSR count). The quantitative estimate of drug-likeness (QED) is 0.390. The fraction of sp³-hybridized carbons (Fsp3) is 0.364. The van der Waals surface area contributed by atoms with Crippen molar-refractivity contribution in [3.63, 3.8) is 0 Å². The zero-order valence-electron chi connectivity index (χ0n) is 17.3. The molecule has 0 unspecified atom stereocenters. The summed E-state index contributed by atoms with van der Waals surface area (Å²) in [5.41, 5.74) is 1.94. The lowest BCUT2D eigenvalue weighted by molar-refractivity contribution is -0.153. The Balaban J connectivity index is 2.00. The number of likely N-dealkylation sites (N-methyl/N-ethyl adjacent to an activating group) is 1. The highest BCUT2D eigenvalue weighted by Crippen LogP contribution is 2.52. The highest BCUT2D eigenvalue weighted by Gasteiger charge is 2.64. The number of Topliss-reactive ketones (excluding diaryl/α,β-unsaturated/α-hetero) is 2. The van der Waals surface area contributed by atoms with Gasteiger partial charge in [-0.1, -0.05) is 0 Å². The number of aromatic hydroxyl groups is 1. The second-order valence-electron chi connectivity index (χ2n) is 8.56. The van der Waals surface area contributed by atoms with Crippen LogP contribution in [0.3, 0.4) is 0 Å². The summed E-state index contributed by atoms with van der Waals surface area (Å²) in [6.07, 6.45) is 0.0676. The van der Waals surface area contributed by atoms with Gasteiger partial charge in [0, 0.05) is 11.5 Å². The third-order valence-electron chi connectivity index (χ3n) is 6.72. The van der Waals surface area contributed by atoms with Crippen LogP contribution in [0, 0.1) is 23.2 Å². The number of amides is 1. The molecule has 6 N–H and O–H groups in total. The summed E-state index contributed by atoms with van der Waals surface area (Å²) in [4.78, 5) is 39.9. The maximum absolute atomic E-state index is 13.6. The van der Waals surface area contributed by atoms with Crippen LogP contribution in [0.2, 0.25) is 0 Å². The number of phenols is 1. The van der Waals surface area contributed by atoms with Crippen molar-refractivity contribution in [2.45, 2.75) is 24.5 Å². The first-order valence-corrected chi connectivity index (χ1v) is 9.86. The zero-order valence-corrected chi connectivity index (χ0v) is 17.3. The van der Waals surface area contributed by atoms with E-state index in [-0.39, 0.29) is 35.3 Å². The molecule has 0 spiro atoms. The number of nitrogens with zero attached hydrogens (tertiary/aromatic N) is 2. The van der Waals surface area contributed by atoms with Crippen LogP contribution in [0.5, 0.6) is 5.75 Å². The second kappa shape index (κ2) is 6.91. The summed E-state index contributed by atoms with van der Waals surface area (Å²) < 4.78 is 0. The normalized spacial score (nSPS) is 29.4. The molecule has 0 aromatic heterocycles. The summed E-state index contributed by atoms with van der Waals surface area (Å²) in [6, 6.07) is 3.45. The summed E-state index contributed by atoms with van der Waals surface area (Å²) >= 11 is 0. The maximum atomic E-state index is 13.6. The molecule has 10 heteroatoms. The molecule has 0 heterocycles. The average Bonchev–Trinajstić information content (AvgIpc) is 2.70. The minimum Gasteiger partial charge on any atom is -0.508 e. The Bertz CT molecular complexity index is 1210. The van der Waals surface area contributed by atoms with Crippen molar-refractivity contribution >= 4 is 23.2 Å². The molecule has 0 saturated heterocycles. The number of aliphatic hydroxyl groups is 3. The first kappa shape index (κ1) is 21.5. The van der Waals surface area contributed by atoms with Gasteiger partial charge in [0.2, 0.25) is 5.78 Å². The standard InChI is InChI=1S/C22H21N3O7/c1-25(2)16-11-6-9-5-10-8(7-23)3-4-12(26)14(10)17(27)13(9)19(29)22(11,32)20(30)15(18(16)28)21(24)31/h3-4,9,11,16,26-27,30,32H,5-6H2,1-2H3,(H2,24,31)/t9-,11+,16-,22+/m1/s1. The van der Waals surface area contributed by atoms with E-state index in [1.807, 2.05) is 6.07 Å². The van der Waals surface area contributed by atoms with E-state index in [9.17, 15) is 40.1 Å². The Morgan fingerprint density at radius 2 is 1.91 bits per heavy atom. The van der Waals surface area contributed by atoms with Crippen molar-refractivity contribution in [3.05, 3.63) is 45.7 Å². The smallest absolute Gasteiger partial charge is 0.255 e. The van der Waals surface area contributed by atoms with Gasteiger partial charge in [-0.2, -0.15) is 5.26 Å². The Hall–Kier alpha value is -3.68. The Morgan fingerprint density at radius 1 is 1.25 bits per heavy atom. The number of benzene rings is 1. The predicted octanol–water partition coefficient (Wildman–Crippen LogP) is -0.164. The zero-order chi connectivity index (χ0) is 23.7. The topological polar surface area (TPSA) is 185 Å². The molecule has 1 aromatic carbocycles. The van der Waals surface area contributed by atoms with Gasteiger partial charge in [0.25, 0.3) is 5.91 Å². The number of hydrogen-bond donors (Lipinski definition) is 5. The van der Waals surface area contributed by atoms with Gasteiger partial charge < -0.3 is 26.2 Å². The van der Waals surface area contributed by atoms with Gasteiger partial charge in [-0.25, -0.2) is 0 Å². The summed E-state index contributed by atoms with van der Waals surface area (Å²) in [5, 5.41) is 52.8. The van der Waals surface area contributed by atoms with E-state index in [1.54, 1.807) is 0 Å². The van der Waals surface area contributed by atoms with Gasteiger partial charge in [-0.05, 0) is 50.6 Å². The number of carbonyl (C=O) groups is 3. The molecule has 0 aliphatic heterocycles. The van der Waals surface area contributed by atoms with Gasteiger partial charge in [0.05, 0.1) is 23.2 Å². The molecule has 1 fully saturated rings. The lowest BCUT2D eigenvalue weighted by Crippen LogP contribution is -2.65. The van der Waals surface area contributed by atoms with E-state index in [2.05, 4.69) is 0 Å². The molecule has 3 aliphatic carbocycles. The molecule has 0 bridgehead atoms. The minimum absolute atomic E-state index is 0.0215. The number of carbonyl (C=O) groups excluding carboxylic acids is 3. The number of primary amides is 1. The van der Waals surface area contributed by atoms with E-state index < -0.39 is 58.0 Å². The number of fused-ring (bicyclic) bond motifs is 3. The van der Waals surface area contributed by atoms with Crippen LogP contribution >= 0.6 is 0 Å². The molecule has 10 nitrogen and oxygen atoms in total. The molecular formula is C22H21N3O7. The van der Waals surface area contributed by atoms with Gasteiger partial charge in [-0.3, -0.25) is 19.3 Å². The van der Waals surface area contributed by atoms with E-state index in [4.69, 9.17) is 5.73 Å². The first-order valence-electron chi connectivity index (χ1n) is 9.86. The van der Waals surface area contributed by atoms with E-state index in [0.717, 1.165) is 0 Å². The fourth-order valence-corrected chi connectivity index (χ4v) is 5.35. The summed E-state index contributed by atoms with van der Waals surface area (Å²) in [7, 11) is 3.05.